The van der Waals surface area contributed by atoms with Crippen LogP contribution in [-0.2, 0) is 6.42 Å². The second kappa shape index (κ2) is 8.62. The maximum atomic E-state index is 11.6. The highest BCUT2D eigenvalue weighted by Gasteiger charge is 2.06. The fourth-order valence-corrected chi connectivity index (χ4v) is 2.90. The van der Waals surface area contributed by atoms with Crippen molar-refractivity contribution in [3.05, 3.63) is 40.2 Å². The molecule has 1 heterocycles. The molecular weight excluding hydrogens is 274 g/mol. The van der Waals surface area contributed by atoms with Crippen LogP contribution in [0, 0.1) is 0 Å². The average molecular weight is 301 g/mol. The number of aryl methyl sites for hydroxylation is 1. The third-order valence-electron chi connectivity index (χ3n) is 4.15. The van der Waals surface area contributed by atoms with Gasteiger partial charge >= 0.3 is 5.63 Å². The van der Waals surface area contributed by atoms with Crippen LogP contribution < -0.4 is 11.4 Å². The van der Waals surface area contributed by atoms with E-state index >= 15 is 0 Å². The zero-order valence-electron chi connectivity index (χ0n) is 13.6. The Hall–Kier alpha value is -1.77. The summed E-state index contributed by atoms with van der Waals surface area (Å²) < 4.78 is 5.23. The van der Waals surface area contributed by atoms with Crippen molar-refractivity contribution in [2.45, 2.75) is 64.7 Å². The second-order valence-electron chi connectivity index (χ2n) is 6.07. The van der Waals surface area contributed by atoms with E-state index in [1.165, 1.54) is 44.9 Å². The Bertz CT molecular complexity index is 645. The molecule has 22 heavy (non-hydrogen) atoms. The first kappa shape index (κ1) is 16.6. The molecule has 2 rings (SSSR count). The van der Waals surface area contributed by atoms with Crippen LogP contribution in [-0.4, -0.2) is 0 Å². The van der Waals surface area contributed by atoms with Gasteiger partial charge in [0, 0.05) is 23.2 Å². The van der Waals surface area contributed by atoms with Crippen molar-refractivity contribution in [1.82, 2.24) is 0 Å². The number of nitrogens with two attached hydrogens (primary N) is 1. The Morgan fingerprint density at radius 2 is 1.64 bits per heavy atom. The monoisotopic (exact) mass is 301 g/mol. The van der Waals surface area contributed by atoms with Crippen molar-refractivity contribution in [3.63, 3.8) is 0 Å². The largest absolute Gasteiger partial charge is 0.423 e. The molecule has 0 spiro atoms. The lowest BCUT2D eigenvalue weighted by molar-refractivity contribution is 0.555. The summed E-state index contributed by atoms with van der Waals surface area (Å²) >= 11 is 0. The number of hydrogen-bond acceptors (Lipinski definition) is 3. The molecule has 2 N–H and O–H groups in total. The summed E-state index contributed by atoms with van der Waals surface area (Å²) in [6, 6.07) is 7.17. The predicted octanol–water partition coefficient (Wildman–Crippen LogP) is 5.06. The Morgan fingerprint density at radius 1 is 0.955 bits per heavy atom. The summed E-state index contributed by atoms with van der Waals surface area (Å²) in [5.74, 6) is 0. The predicted molar refractivity (Wildman–Crippen MR) is 93.2 cm³/mol. The highest BCUT2D eigenvalue weighted by atomic mass is 16.4. The quantitative estimate of drug-likeness (QED) is 0.400. The molecule has 0 aliphatic carbocycles. The summed E-state index contributed by atoms with van der Waals surface area (Å²) in [5.41, 5.74) is 7.77. The number of hydrogen-bond donors (Lipinski definition) is 1. The molecule has 0 aliphatic heterocycles. The topological polar surface area (TPSA) is 56.2 Å². The molecule has 0 fully saturated rings. The number of fused-ring (bicyclic) bond motifs is 1. The minimum absolute atomic E-state index is 0.285. The van der Waals surface area contributed by atoms with Crippen molar-refractivity contribution >= 4 is 16.7 Å². The van der Waals surface area contributed by atoms with Crippen LogP contribution in [0.3, 0.4) is 0 Å². The van der Waals surface area contributed by atoms with Crippen LogP contribution in [0.5, 0.6) is 0 Å². The first-order valence-corrected chi connectivity index (χ1v) is 8.53. The third-order valence-corrected chi connectivity index (χ3v) is 4.15. The van der Waals surface area contributed by atoms with E-state index in [0.717, 1.165) is 23.8 Å². The standard InChI is InChI=1S/C19H27NO2/c1-2-3-4-5-6-7-8-9-10-15-13-19(21)22-18-14-16(20)11-12-17(15)18/h11-14H,2-10,20H2,1H3. The van der Waals surface area contributed by atoms with Crippen LogP contribution in [0.2, 0.25) is 0 Å². The second-order valence-corrected chi connectivity index (χ2v) is 6.07. The van der Waals surface area contributed by atoms with Crippen LogP contribution >= 0.6 is 0 Å². The van der Waals surface area contributed by atoms with E-state index in [1.807, 2.05) is 12.1 Å². The van der Waals surface area contributed by atoms with Gasteiger partial charge in [-0.05, 0) is 30.5 Å². The van der Waals surface area contributed by atoms with Crippen LogP contribution in [0.25, 0.3) is 11.0 Å². The summed E-state index contributed by atoms with van der Waals surface area (Å²) in [6.45, 7) is 2.24. The minimum atomic E-state index is -0.285. The molecule has 3 nitrogen and oxygen atoms in total. The Labute approximate surface area is 132 Å². The number of nitrogen functional groups attached to an aromatic ring is 1. The van der Waals surface area contributed by atoms with E-state index in [4.69, 9.17) is 10.2 Å². The maximum absolute atomic E-state index is 11.6. The van der Waals surface area contributed by atoms with Gasteiger partial charge in [-0.3, -0.25) is 0 Å². The summed E-state index contributed by atoms with van der Waals surface area (Å²) in [4.78, 5) is 11.6. The molecule has 1 aromatic heterocycles. The zero-order chi connectivity index (χ0) is 15.8. The highest BCUT2D eigenvalue weighted by molar-refractivity contribution is 5.82. The Kier molecular flexibility index (Phi) is 6.50. The lowest BCUT2D eigenvalue weighted by Gasteiger charge is -2.06. The SMILES string of the molecule is CCCCCCCCCCc1cc(=O)oc2cc(N)ccc12. The molecule has 0 aliphatic rings. The Balaban J connectivity index is 1.85. The Morgan fingerprint density at radius 3 is 2.36 bits per heavy atom. The van der Waals surface area contributed by atoms with Gasteiger partial charge in [0.15, 0.2) is 0 Å². The molecule has 0 bridgehead atoms. The van der Waals surface area contributed by atoms with Gasteiger partial charge in [-0.1, -0.05) is 51.9 Å². The van der Waals surface area contributed by atoms with E-state index in [-0.39, 0.29) is 5.63 Å². The minimum Gasteiger partial charge on any atom is -0.423 e. The van der Waals surface area contributed by atoms with Crippen molar-refractivity contribution in [1.29, 1.82) is 0 Å². The van der Waals surface area contributed by atoms with Gasteiger partial charge in [-0.2, -0.15) is 0 Å². The van der Waals surface area contributed by atoms with E-state index in [0.29, 0.717) is 11.3 Å². The lowest BCUT2D eigenvalue weighted by atomic mass is 10.0. The fourth-order valence-electron chi connectivity index (χ4n) is 2.90. The zero-order valence-corrected chi connectivity index (χ0v) is 13.6. The van der Waals surface area contributed by atoms with Gasteiger partial charge in [0.1, 0.15) is 5.58 Å². The molecule has 0 amide bonds. The number of benzene rings is 1. The highest BCUT2D eigenvalue weighted by Crippen LogP contribution is 2.21. The normalized spacial score (nSPS) is 11.1. The molecule has 0 saturated heterocycles. The fraction of sp³-hybridized carbons (Fsp3) is 0.526. The van der Waals surface area contributed by atoms with Crippen LogP contribution in [0.1, 0.15) is 63.9 Å². The number of anilines is 1. The van der Waals surface area contributed by atoms with Crippen LogP contribution in [0.4, 0.5) is 5.69 Å². The summed E-state index contributed by atoms with van der Waals surface area (Å²) in [5, 5.41) is 1.01. The molecule has 2 aromatic rings. The smallest absolute Gasteiger partial charge is 0.336 e. The first-order chi connectivity index (χ1) is 10.7. The van der Waals surface area contributed by atoms with Crippen LogP contribution in [0.15, 0.2) is 33.5 Å². The van der Waals surface area contributed by atoms with Gasteiger partial charge in [-0.25, -0.2) is 4.79 Å². The van der Waals surface area contributed by atoms with Crippen molar-refractivity contribution in [2.24, 2.45) is 0 Å². The average Bonchev–Trinajstić information content (AvgIpc) is 2.49. The lowest BCUT2D eigenvalue weighted by Crippen LogP contribution is -2.01. The molecule has 0 saturated carbocycles. The van der Waals surface area contributed by atoms with E-state index in [9.17, 15) is 4.79 Å². The van der Waals surface area contributed by atoms with E-state index < -0.39 is 0 Å². The summed E-state index contributed by atoms with van der Waals surface area (Å²) in [6.07, 6.45) is 11.3. The number of unbranched alkanes of at least 4 members (excludes halogenated alkanes) is 7. The van der Waals surface area contributed by atoms with Gasteiger partial charge < -0.3 is 10.2 Å². The molecule has 0 atom stereocenters. The van der Waals surface area contributed by atoms with E-state index in [1.54, 1.807) is 12.1 Å². The van der Waals surface area contributed by atoms with Gasteiger partial charge in [-0.15, -0.1) is 0 Å². The molecule has 0 radical (unpaired) electrons. The van der Waals surface area contributed by atoms with Gasteiger partial charge in [0.2, 0.25) is 0 Å². The van der Waals surface area contributed by atoms with Gasteiger partial charge in [0.25, 0.3) is 0 Å². The van der Waals surface area contributed by atoms with Gasteiger partial charge in [0.05, 0.1) is 0 Å². The molecular formula is C19H27NO2. The maximum Gasteiger partial charge on any atom is 0.336 e. The molecule has 3 heteroatoms. The van der Waals surface area contributed by atoms with Crippen molar-refractivity contribution in [3.8, 4) is 0 Å². The third kappa shape index (κ3) is 4.90. The summed E-state index contributed by atoms with van der Waals surface area (Å²) in [7, 11) is 0. The molecule has 120 valence electrons. The molecule has 1 aromatic carbocycles. The molecule has 0 unspecified atom stereocenters. The number of rotatable bonds is 9. The van der Waals surface area contributed by atoms with E-state index in [2.05, 4.69) is 6.92 Å². The van der Waals surface area contributed by atoms with Crippen molar-refractivity contribution < 1.29 is 4.42 Å². The van der Waals surface area contributed by atoms with Crippen molar-refractivity contribution in [2.75, 3.05) is 5.73 Å². The first-order valence-electron chi connectivity index (χ1n) is 8.53.